The van der Waals surface area contributed by atoms with Gasteiger partial charge in [-0.3, -0.25) is 4.79 Å². The number of allylic oxidation sites excluding steroid dienone is 1. The SMILES string of the molecule is CC(=O)/C=C/c1ccc2c(c1)Nc1nccnc1S2. The summed E-state index contributed by atoms with van der Waals surface area (Å²) in [6.07, 6.45) is 6.71. The highest BCUT2D eigenvalue weighted by Gasteiger charge is 2.17. The Kier molecular flexibility index (Phi) is 3.05. The summed E-state index contributed by atoms with van der Waals surface area (Å²) in [4.78, 5) is 20.6. The van der Waals surface area contributed by atoms with Crippen LogP contribution in [0.1, 0.15) is 12.5 Å². The van der Waals surface area contributed by atoms with Gasteiger partial charge in [0.25, 0.3) is 0 Å². The number of hydrogen-bond donors (Lipinski definition) is 1. The van der Waals surface area contributed by atoms with Crippen LogP contribution in [0.2, 0.25) is 0 Å². The fourth-order valence-electron chi connectivity index (χ4n) is 1.77. The highest BCUT2D eigenvalue weighted by molar-refractivity contribution is 7.99. The van der Waals surface area contributed by atoms with Gasteiger partial charge in [-0.1, -0.05) is 23.9 Å². The Bertz CT molecular complexity index is 682. The average Bonchev–Trinajstić information content (AvgIpc) is 2.42. The molecule has 1 aliphatic heterocycles. The maximum absolute atomic E-state index is 10.9. The number of hydrogen-bond acceptors (Lipinski definition) is 5. The molecule has 4 nitrogen and oxygen atoms in total. The lowest BCUT2D eigenvalue weighted by Crippen LogP contribution is -2.03. The summed E-state index contributed by atoms with van der Waals surface area (Å²) < 4.78 is 0. The highest BCUT2D eigenvalue weighted by Crippen LogP contribution is 2.42. The van der Waals surface area contributed by atoms with Crippen molar-refractivity contribution in [3.63, 3.8) is 0 Å². The van der Waals surface area contributed by atoms with Crippen LogP contribution in [0.15, 0.2) is 46.6 Å². The number of carbonyl (C=O) groups is 1. The van der Waals surface area contributed by atoms with Gasteiger partial charge in [-0.15, -0.1) is 0 Å². The smallest absolute Gasteiger partial charge is 0.163 e. The lowest BCUT2D eigenvalue weighted by Gasteiger charge is -2.18. The number of aromatic nitrogens is 2. The second-order valence-electron chi connectivity index (χ2n) is 4.14. The van der Waals surface area contributed by atoms with Crippen molar-refractivity contribution in [1.82, 2.24) is 9.97 Å². The minimum absolute atomic E-state index is 0.0382. The number of anilines is 2. The monoisotopic (exact) mass is 269 g/mol. The number of nitrogens with one attached hydrogen (secondary N) is 1. The first kappa shape index (κ1) is 11.9. The third kappa shape index (κ3) is 2.51. The molecule has 0 spiro atoms. The number of rotatable bonds is 2. The molecule has 3 rings (SSSR count). The number of fused-ring (bicyclic) bond motifs is 2. The van der Waals surface area contributed by atoms with Crippen LogP contribution in [0.3, 0.4) is 0 Å². The van der Waals surface area contributed by atoms with Crippen LogP contribution in [0.25, 0.3) is 6.08 Å². The summed E-state index contributed by atoms with van der Waals surface area (Å²) in [6, 6.07) is 6.00. The molecular weight excluding hydrogens is 258 g/mol. The molecule has 5 heteroatoms. The maximum Gasteiger partial charge on any atom is 0.163 e. The minimum Gasteiger partial charge on any atom is -0.337 e. The Balaban J connectivity index is 1.94. The van der Waals surface area contributed by atoms with Gasteiger partial charge in [-0.2, -0.15) is 0 Å². The molecule has 0 aliphatic carbocycles. The van der Waals surface area contributed by atoms with Crippen LogP contribution < -0.4 is 5.32 Å². The molecule has 0 atom stereocenters. The van der Waals surface area contributed by atoms with E-state index in [-0.39, 0.29) is 5.78 Å². The summed E-state index contributed by atoms with van der Waals surface area (Å²) >= 11 is 1.59. The summed E-state index contributed by atoms with van der Waals surface area (Å²) in [5.74, 6) is 0.809. The zero-order valence-electron chi connectivity index (χ0n) is 10.3. The zero-order valence-corrected chi connectivity index (χ0v) is 11.1. The van der Waals surface area contributed by atoms with E-state index in [1.165, 1.54) is 6.92 Å². The van der Waals surface area contributed by atoms with Crippen LogP contribution in [0, 0.1) is 0 Å². The molecule has 2 heterocycles. The van der Waals surface area contributed by atoms with Gasteiger partial charge in [0.15, 0.2) is 11.6 Å². The number of benzene rings is 1. The molecule has 1 aliphatic rings. The van der Waals surface area contributed by atoms with Crippen LogP contribution in [0.5, 0.6) is 0 Å². The topological polar surface area (TPSA) is 54.9 Å². The van der Waals surface area contributed by atoms with Crippen molar-refractivity contribution >= 4 is 35.1 Å². The van der Waals surface area contributed by atoms with Gasteiger partial charge in [0.1, 0.15) is 5.03 Å². The minimum atomic E-state index is 0.0382. The van der Waals surface area contributed by atoms with Gasteiger partial charge >= 0.3 is 0 Å². The first-order valence-corrected chi connectivity index (χ1v) is 6.62. The molecule has 19 heavy (non-hydrogen) atoms. The van der Waals surface area contributed by atoms with E-state index in [4.69, 9.17) is 0 Å². The highest BCUT2D eigenvalue weighted by atomic mass is 32.2. The van der Waals surface area contributed by atoms with Crippen molar-refractivity contribution in [1.29, 1.82) is 0 Å². The van der Waals surface area contributed by atoms with E-state index >= 15 is 0 Å². The van der Waals surface area contributed by atoms with Crippen LogP contribution >= 0.6 is 11.8 Å². The van der Waals surface area contributed by atoms with Gasteiger partial charge < -0.3 is 5.32 Å². The van der Waals surface area contributed by atoms with E-state index in [9.17, 15) is 4.79 Å². The fraction of sp³-hybridized carbons (Fsp3) is 0.0714. The quantitative estimate of drug-likeness (QED) is 0.723. The number of nitrogens with zero attached hydrogens (tertiary/aromatic N) is 2. The Morgan fingerprint density at radius 1 is 1.32 bits per heavy atom. The van der Waals surface area contributed by atoms with Gasteiger partial charge in [0.05, 0.1) is 5.69 Å². The first-order chi connectivity index (χ1) is 9.22. The Labute approximate surface area is 115 Å². The first-order valence-electron chi connectivity index (χ1n) is 5.81. The van der Waals surface area contributed by atoms with Crippen molar-refractivity contribution in [2.45, 2.75) is 16.8 Å². The predicted octanol–water partition coefficient (Wildman–Crippen LogP) is 3.29. The molecule has 0 amide bonds. The second kappa shape index (κ2) is 4.85. The molecule has 0 bridgehead atoms. The summed E-state index contributed by atoms with van der Waals surface area (Å²) in [5, 5.41) is 4.13. The molecule has 0 saturated heterocycles. The van der Waals surface area contributed by atoms with Gasteiger partial charge in [0.2, 0.25) is 0 Å². The van der Waals surface area contributed by atoms with E-state index in [0.717, 1.165) is 27.0 Å². The van der Waals surface area contributed by atoms with Gasteiger partial charge in [0, 0.05) is 17.3 Å². The summed E-state index contributed by atoms with van der Waals surface area (Å²) in [5.41, 5.74) is 1.97. The molecule has 0 saturated carbocycles. The number of carbonyl (C=O) groups excluding carboxylic acids is 1. The normalized spacial score (nSPS) is 12.7. The predicted molar refractivity (Wildman–Crippen MR) is 75.6 cm³/mol. The molecule has 0 unspecified atom stereocenters. The molecule has 94 valence electrons. The summed E-state index contributed by atoms with van der Waals surface area (Å²) in [7, 11) is 0. The summed E-state index contributed by atoms with van der Waals surface area (Å²) in [6.45, 7) is 1.54. The van der Waals surface area contributed by atoms with Crippen molar-refractivity contribution in [3.05, 3.63) is 42.2 Å². The Hall–Kier alpha value is -2.14. The van der Waals surface area contributed by atoms with E-state index in [1.807, 2.05) is 18.2 Å². The third-order valence-corrected chi connectivity index (χ3v) is 3.71. The van der Waals surface area contributed by atoms with Crippen molar-refractivity contribution < 1.29 is 4.79 Å². The molecule has 0 fully saturated rings. The molecule has 1 N–H and O–H groups in total. The largest absolute Gasteiger partial charge is 0.337 e. The van der Waals surface area contributed by atoms with Crippen molar-refractivity contribution in [2.24, 2.45) is 0 Å². The number of ketones is 1. The van der Waals surface area contributed by atoms with Gasteiger partial charge in [-0.25, -0.2) is 9.97 Å². The Morgan fingerprint density at radius 2 is 2.16 bits per heavy atom. The second-order valence-corrected chi connectivity index (χ2v) is 5.17. The van der Waals surface area contributed by atoms with Crippen LogP contribution in [-0.2, 0) is 4.79 Å². The molecule has 0 radical (unpaired) electrons. The van der Waals surface area contributed by atoms with E-state index < -0.39 is 0 Å². The van der Waals surface area contributed by atoms with Crippen molar-refractivity contribution in [2.75, 3.05) is 5.32 Å². The molecule has 1 aromatic heterocycles. The third-order valence-electron chi connectivity index (χ3n) is 2.64. The lowest BCUT2D eigenvalue weighted by molar-refractivity contribution is -0.112. The van der Waals surface area contributed by atoms with E-state index in [1.54, 1.807) is 36.3 Å². The van der Waals surface area contributed by atoms with Crippen molar-refractivity contribution in [3.8, 4) is 0 Å². The van der Waals surface area contributed by atoms with Crippen LogP contribution in [-0.4, -0.2) is 15.8 Å². The molecule has 2 aromatic rings. The lowest BCUT2D eigenvalue weighted by atomic mass is 10.1. The molecule has 1 aromatic carbocycles. The zero-order chi connectivity index (χ0) is 13.2. The maximum atomic E-state index is 10.9. The fourth-order valence-corrected chi connectivity index (χ4v) is 2.65. The standard InChI is InChI=1S/C14H11N3OS/c1-9(18)2-3-10-4-5-12-11(8-10)17-13-14(19-12)16-7-6-15-13/h2-8H,1H3,(H,15,17)/b3-2+. The molecular formula is C14H11N3OS. The van der Waals surface area contributed by atoms with E-state index in [0.29, 0.717) is 0 Å². The van der Waals surface area contributed by atoms with E-state index in [2.05, 4.69) is 15.3 Å². The van der Waals surface area contributed by atoms with Gasteiger partial charge in [-0.05, 0) is 30.7 Å². The van der Waals surface area contributed by atoms with Crippen LogP contribution in [0.4, 0.5) is 11.5 Å². The Morgan fingerprint density at radius 3 is 3.00 bits per heavy atom. The average molecular weight is 269 g/mol.